The van der Waals surface area contributed by atoms with E-state index in [-0.39, 0.29) is 16.5 Å². The molecule has 1 heterocycles. The van der Waals surface area contributed by atoms with Crippen LogP contribution in [0, 0.1) is 5.92 Å². The number of aromatic nitrogens is 1. The normalized spacial score (nSPS) is 15.4. The van der Waals surface area contributed by atoms with Gasteiger partial charge in [-0.25, -0.2) is 9.78 Å². The van der Waals surface area contributed by atoms with E-state index in [1.807, 2.05) is 0 Å². The first-order chi connectivity index (χ1) is 8.18. The first-order valence-corrected chi connectivity index (χ1v) is 6.07. The average Bonchev–Trinajstić information content (AvgIpc) is 2.23. The molecule has 17 heavy (non-hydrogen) atoms. The van der Waals surface area contributed by atoms with Gasteiger partial charge in [0, 0.05) is 6.20 Å². The highest BCUT2D eigenvalue weighted by Crippen LogP contribution is 2.30. The summed E-state index contributed by atoms with van der Waals surface area (Å²) < 4.78 is 5.43. The van der Waals surface area contributed by atoms with Crippen LogP contribution in [0.4, 0.5) is 0 Å². The maximum absolute atomic E-state index is 10.8. The molecule has 1 N–H and O–H groups in total. The zero-order chi connectivity index (χ0) is 12.3. The second-order valence-corrected chi connectivity index (χ2v) is 4.59. The number of ether oxygens (including phenoxy) is 1. The molecule has 4 nitrogen and oxygen atoms in total. The van der Waals surface area contributed by atoms with Crippen molar-refractivity contribution in [2.45, 2.75) is 25.7 Å². The minimum atomic E-state index is -1.07. The lowest BCUT2D eigenvalue weighted by atomic mass is 9.83. The van der Waals surface area contributed by atoms with Gasteiger partial charge in [0.1, 0.15) is 5.02 Å². The van der Waals surface area contributed by atoms with Gasteiger partial charge in [-0.2, -0.15) is 0 Å². The molecular formula is C12H14ClNO3. The van der Waals surface area contributed by atoms with Crippen LogP contribution in [0.2, 0.25) is 5.02 Å². The van der Waals surface area contributed by atoms with E-state index in [1.54, 1.807) is 0 Å². The second kappa shape index (κ2) is 5.36. The van der Waals surface area contributed by atoms with E-state index < -0.39 is 5.97 Å². The Labute approximate surface area is 105 Å². The Balaban J connectivity index is 1.95. The summed E-state index contributed by atoms with van der Waals surface area (Å²) >= 11 is 5.90. The molecule has 0 amide bonds. The third-order valence-corrected chi connectivity index (χ3v) is 3.44. The number of rotatable bonds is 5. The number of carboxylic acids is 1. The third kappa shape index (κ3) is 2.88. The molecule has 0 radical (unpaired) electrons. The van der Waals surface area contributed by atoms with E-state index in [4.69, 9.17) is 21.4 Å². The molecule has 0 saturated heterocycles. The average molecular weight is 256 g/mol. The van der Waals surface area contributed by atoms with Gasteiger partial charge in [0.15, 0.2) is 0 Å². The van der Waals surface area contributed by atoms with Crippen LogP contribution in [-0.4, -0.2) is 22.7 Å². The summed E-state index contributed by atoms with van der Waals surface area (Å²) in [7, 11) is 0. The third-order valence-electron chi connectivity index (χ3n) is 3.08. The highest BCUT2D eigenvalue weighted by atomic mass is 35.5. The van der Waals surface area contributed by atoms with Gasteiger partial charge in [-0.05, 0) is 18.4 Å². The Bertz CT molecular complexity index is 418. The molecule has 1 aromatic rings. The van der Waals surface area contributed by atoms with Gasteiger partial charge in [0.25, 0.3) is 0 Å². The largest absolute Gasteiger partial charge is 0.478 e. The summed E-state index contributed by atoms with van der Waals surface area (Å²) in [6, 6.07) is 1.36. The van der Waals surface area contributed by atoms with Crippen molar-refractivity contribution >= 4 is 17.6 Å². The van der Waals surface area contributed by atoms with Crippen LogP contribution < -0.4 is 4.74 Å². The first kappa shape index (κ1) is 12.2. The van der Waals surface area contributed by atoms with Gasteiger partial charge in [0.05, 0.1) is 12.2 Å². The summed E-state index contributed by atoms with van der Waals surface area (Å²) in [5, 5.41) is 8.96. The van der Waals surface area contributed by atoms with E-state index in [0.717, 1.165) is 12.3 Å². The Morgan fingerprint density at radius 1 is 1.59 bits per heavy atom. The zero-order valence-electron chi connectivity index (χ0n) is 9.36. The zero-order valence-corrected chi connectivity index (χ0v) is 10.1. The molecule has 0 spiro atoms. The highest BCUT2D eigenvalue weighted by Gasteiger charge is 2.18. The van der Waals surface area contributed by atoms with Crippen molar-refractivity contribution in [2.75, 3.05) is 6.61 Å². The van der Waals surface area contributed by atoms with Crippen molar-refractivity contribution in [1.82, 2.24) is 4.98 Å². The molecule has 1 aliphatic carbocycles. The number of carboxylic acid groups (broad SMARTS) is 1. The molecule has 1 fully saturated rings. The molecule has 1 saturated carbocycles. The predicted octanol–water partition coefficient (Wildman–Crippen LogP) is 3.00. The summed E-state index contributed by atoms with van der Waals surface area (Å²) in [6.45, 7) is 0.542. The Hall–Kier alpha value is -1.29. The molecule has 0 bridgehead atoms. The van der Waals surface area contributed by atoms with Crippen LogP contribution in [0.15, 0.2) is 12.3 Å². The standard InChI is InChI=1S/C12H14ClNO3/c13-10-9(12(15)16)4-6-14-11(10)17-7-5-8-2-1-3-8/h4,6,8H,1-3,5,7H2,(H,15,16). The summed E-state index contributed by atoms with van der Waals surface area (Å²) in [4.78, 5) is 14.8. The molecule has 1 aliphatic rings. The van der Waals surface area contributed by atoms with Crippen LogP contribution in [0.3, 0.4) is 0 Å². The second-order valence-electron chi connectivity index (χ2n) is 4.22. The van der Waals surface area contributed by atoms with E-state index in [9.17, 15) is 4.79 Å². The number of hydrogen-bond acceptors (Lipinski definition) is 3. The van der Waals surface area contributed by atoms with Gasteiger partial charge in [0.2, 0.25) is 5.88 Å². The molecule has 0 aromatic carbocycles. The molecular weight excluding hydrogens is 242 g/mol. The van der Waals surface area contributed by atoms with E-state index >= 15 is 0 Å². The van der Waals surface area contributed by atoms with Gasteiger partial charge in [-0.3, -0.25) is 0 Å². The van der Waals surface area contributed by atoms with Gasteiger partial charge in [-0.15, -0.1) is 0 Å². The Morgan fingerprint density at radius 2 is 2.35 bits per heavy atom. The number of aromatic carboxylic acids is 1. The lowest BCUT2D eigenvalue weighted by molar-refractivity contribution is 0.0696. The number of carbonyl (C=O) groups is 1. The number of nitrogens with zero attached hydrogens (tertiary/aromatic N) is 1. The fourth-order valence-electron chi connectivity index (χ4n) is 1.79. The monoisotopic (exact) mass is 255 g/mol. The van der Waals surface area contributed by atoms with Crippen LogP contribution in [0.1, 0.15) is 36.0 Å². The van der Waals surface area contributed by atoms with Crippen molar-refractivity contribution in [3.05, 3.63) is 22.8 Å². The van der Waals surface area contributed by atoms with Crippen LogP contribution >= 0.6 is 11.6 Å². The molecule has 0 atom stereocenters. The van der Waals surface area contributed by atoms with Crippen molar-refractivity contribution in [3.8, 4) is 5.88 Å². The van der Waals surface area contributed by atoms with E-state index in [0.29, 0.717) is 6.61 Å². The molecule has 1 aromatic heterocycles. The lowest BCUT2D eigenvalue weighted by Gasteiger charge is -2.24. The molecule has 92 valence electrons. The maximum Gasteiger partial charge on any atom is 0.337 e. The summed E-state index contributed by atoms with van der Waals surface area (Å²) in [5.74, 6) is -0.108. The minimum absolute atomic E-state index is 0.0281. The van der Waals surface area contributed by atoms with Crippen LogP contribution in [0.25, 0.3) is 0 Å². The molecule has 2 rings (SSSR count). The van der Waals surface area contributed by atoms with Crippen molar-refractivity contribution in [3.63, 3.8) is 0 Å². The fraction of sp³-hybridized carbons (Fsp3) is 0.500. The van der Waals surface area contributed by atoms with E-state index in [2.05, 4.69) is 4.98 Å². The topological polar surface area (TPSA) is 59.4 Å². The van der Waals surface area contributed by atoms with Gasteiger partial charge < -0.3 is 9.84 Å². The summed E-state index contributed by atoms with van der Waals surface area (Å²) in [5.41, 5.74) is 0.0281. The quantitative estimate of drug-likeness (QED) is 0.879. The van der Waals surface area contributed by atoms with Crippen molar-refractivity contribution in [2.24, 2.45) is 5.92 Å². The van der Waals surface area contributed by atoms with Crippen LogP contribution in [0.5, 0.6) is 5.88 Å². The van der Waals surface area contributed by atoms with Gasteiger partial charge in [-0.1, -0.05) is 30.9 Å². The molecule has 0 unspecified atom stereocenters. The lowest BCUT2D eigenvalue weighted by Crippen LogP contribution is -2.15. The molecule has 0 aliphatic heterocycles. The highest BCUT2D eigenvalue weighted by molar-refractivity contribution is 6.34. The number of halogens is 1. The number of hydrogen-bond donors (Lipinski definition) is 1. The van der Waals surface area contributed by atoms with Crippen molar-refractivity contribution < 1.29 is 14.6 Å². The SMILES string of the molecule is O=C(O)c1ccnc(OCCC2CCC2)c1Cl. The van der Waals surface area contributed by atoms with Crippen LogP contribution in [-0.2, 0) is 0 Å². The predicted molar refractivity (Wildman–Crippen MR) is 63.7 cm³/mol. The van der Waals surface area contributed by atoms with Gasteiger partial charge >= 0.3 is 5.97 Å². The molecule has 5 heteroatoms. The Morgan fingerprint density at radius 3 is 2.94 bits per heavy atom. The van der Waals surface area contributed by atoms with E-state index in [1.165, 1.54) is 31.5 Å². The smallest absolute Gasteiger partial charge is 0.337 e. The Kier molecular flexibility index (Phi) is 3.84. The number of pyridine rings is 1. The van der Waals surface area contributed by atoms with Crippen molar-refractivity contribution in [1.29, 1.82) is 0 Å². The first-order valence-electron chi connectivity index (χ1n) is 5.69. The fourth-order valence-corrected chi connectivity index (χ4v) is 2.04. The maximum atomic E-state index is 10.8. The summed E-state index contributed by atoms with van der Waals surface area (Å²) in [6.07, 6.45) is 6.21. The minimum Gasteiger partial charge on any atom is -0.478 e.